The Morgan fingerprint density at radius 3 is 2.67 bits per heavy atom. The van der Waals surface area contributed by atoms with Gasteiger partial charge in [0, 0.05) is 18.7 Å². The van der Waals surface area contributed by atoms with Crippen LogP contribution >= 0.6 is 11.6 Å². The van der Waals surface area contributed by atoms with Gasteiger partial charge in [-0.2, -0.15) is 0 Å². The van der Waals surface area contributed by atoms with Crippen molar-refractivity contribution in [2.24, 2.45) is 0 Å². The Morgan fingerprint density at radius 1 is 1.25 bits per heavy atom. The van der Waals surface area contributed by atoms with E-state index < -0.39 is 11.7 Å². The van der Waals surface area contributed by atoms with Gasteiger partial charge in [-0.3, -0.25) is 4.79 Å². The maximum atomic E-state index is 13.4. The minimum absolute atomic E-state index is 0.0468. The number of carbonyl (C=O) groups excluding carboxylic acids is 1. The van der Waals surface area contributed by atoms with Crippen molar-refractivity contribution in [2.75, 3.05) is 5.32 Å². The van der Waals surface area contributed by atoms with Crippen LogP contribution in [0.15, 0.2) is 40.9 Å². The molecular formula is C17H13ClFN3O2. The molecule has 0 bridgehead atoms. The fraction of sp³-hybridized carbons (Fsp3) is 0.118. The van der Waals surface area contributed by atoms with E-state index in [0.29, 0.717) is 23.2 Å². The van der Waals surface area contributed by atoms with Gasteiger partial charge in [0.15, 0.2) is 5.89 Å². The van der Waals surface area contributed by atoms with Crippen LogP contribution in [0.4, 0.5) is 10.2 Å². The summed E-state index contributed by atoms with van der Waals surface area (Å²) in [5.74, 6) is 0.401. The van der Waals surface area contributed by atoms with E-state index in [2.05, 4.69) is 15.3 Å². The van der Waals surface area contributed by atoms with Gasteiger partial charge >= 0.3 is 0 Å². The summed E-state index contributed by atoms with van der Waals surface area (Å²) in [7, 11) is 0. The molecule has 0 unspecified atom stereocenters. The topological polar surface area (TPSA) is 68.0 Å². The summed E-state index contributed by atoms with van der Waals surface area (Å²) in [6.45, 7) is 3.58. The van der Waals surface area contributed by atoms with E-state index in [1.807, 2.05) is 6.92 Å². The molecule has 122 valence electrons. The summed E-state index contributed by atoms with van der Waals surface area (Å²) >= 11 is 5.80. The van der Waals surface area contributed by atoms with E-state index in [-0.39, 0.29) is 10.6 Å². The highest BCUT2D eigenvalue weighted by Crippen LogP contribution is 2.24. The summed E-state index contributed by atoms with van der Waals surface area (Å²) in [5.41, 5.74) is 1.52. The van der Waals surface area contributed by atoms with Crippen LogP contribution in [0.1, 0.15) is 22.0 Å². The Balaban J connectivity index is 1.80. The molecule has 0 radical (unpaired) electrons. The first-order chi connectivity index (χ1) is 11.5. The van der Waals surface area contributed by atoms with Crippen molar-refractivity contribution in [3.05, 3.63) is 64.6 Å². The van der Waals surface area contributed by atoms with Crippen molar-refractivity contribution in [1.29, 1.82) is 0 Å². The molecule has 0 saturated heterocycles. The van der Waals surface area contributed by atoms with Gasteiger partial charge < -0.3 is 9.73 Å². The van der Waals surface area contributed by atoms with Crippen molar-refractivity contribution in [3.8, 4) is 11.3 Å². The maximum absolute atomic E-state index is 13.4. The Hall–Kier alpha value is -2.73. The molecule has 0 aliphatic rings. The zero-order valence-corrected chi connectivity index (χ0v) is 13.7. The van der Waals surface area contributed by atoms with Gasteiger partial charge in [-0.05, 0) is 31.2 Å². The lowest BCUT2D eigenvalue weighted by atomic mass is 10.2. The van der Waals surface area contributed by atoms with Crippen LogP contribution in [0.3, 0.4) is 0 Å². The summed E-state index contributed by atoms with van der Waals surface area (Å²) in [4.78, 5) is 20.6. The highest BCUT2D eigenvalue weighted by Gasteiger charge is 2.15. The van der Waals surface area contributed by atoms with Gasteiger partial charge in [0.1, 0.15) is 23.1 Å². The largest absolute Gasteiger partial charge is 0.446 e. The van der Waals surface area contributed by atoms with E-state index in [9.17, 15) is 9.18 Å². The molecule has 3 aromatic rings. The first-order valence-electron chi connectivity index (χ1n) is 7.11. The number of aromatic nitrogens is 2. The lowest BCUT2D eigenvalue weighted by Gasteiger charge is -2.07. The number of benzene rings is 1. The zero-order valence-electron chi connectivity index (χ0n) is 12.9. The SMILES string of the molecule is Cc1nc(-c2ccc(NC(=O)c3cccc(F)c3Cl)nc2)c(C)o1. The average molecular weight is 346 g/mol. The molecule has 0 aliphatic carbocycles. The molecule has 1 N–H and O–H groups in total. The van der Waals surface area contributed by atoms with Gasteiger partial charge in [0.05, 0.1) is 10.6 Å². The number of rotatable bonds is 3. The van der Waals surface area contributed by atoms with Crippen LogP contribution in [0.25, 0.3) is 11.3 Å². The molecule has 3 rings (SSSR count). The van der Waals surface area contributed by atoms with E-state index in [1.165, 1.54) is 18.2 Å². The number of halogens is 2. The highest BCUT2D eigenvalue weighted by atomic mass is 35.5. The molecule has 24 heavy (non-hydrogen) atoms. The minimum atomic E-state index is -0.649. The second-order valence-corrected chi connectivity index (χ2v) is 5.50. The number of hydrogen-bond donors (Lipinski definition) is 1. The summed E-state index contributed by atoms with van der Waals surface area (Å²) < 4.78 is 18.8. The Morgan fingerprint density at radius 2 is 2.04 bits per heavy atom. The number of nitrogens with zero attached hydrogens (tertiary/aromatic N) is 2. The normalized spacial score (nSPS) is 10.7. The fourth-order valence-corrected chi connectivity index (χ4v) is 2.48. The smallest absolute Gasteiger partial charge is 0.258 e. The van der Waals surface area contributed by atoms with Crippen molar-refractivity contribution >= 4 is 23.3 Å². The lowest BCUT2D eigenvalue weighted by Crippen LogP contribution is -2.13. The van der Waals surface area contributed by atoms with E-state index >= 15 is 0 Å². The van der Waals surface area contributed by atoms with Gasteiger partial charge in [-0.15, -0.1) is 0 Å². The lowest BCUT2D eigenvalue weighted by molar-refractivity contribution is 0.102. The third-order valence-electron chi connectivity index (χ3n) is 3.38. The van der Waals surface area contributed by atoms with Gasteiger partial charge in [-0.25, -0.2) is 14.4 Å². The van der Waals surface area contributed by atoms with Crippen LogP contribution in [-0.4, -0.2) is 15.9 Å². The second-order valence-electron chi connectivity index (χ2n) is 5.13. The molecule has 5 nitrogen and oxygen atoms in total. The maximum Gasteiger partial charge on any atom is 0.258 e. The summed E-state index contributed by atoms with van der Waals surface area (Å²) in [6.07, 6.45) is 1.58. The average Bonchev–Trinajstić information content (AvgIpc) is 2.89. The molecule has 0 spiro atoms. The van der Waals surface area contributed by atoms with Gasteiger partial charge in [0.2, 0.25) is 0 Å². The number of amides is 1. The molecule has 0 fully saturated rings. The molecule has 1 aromatic carbocycles. The number of anilines is 1. The first-order valence-corrected chi connectivity index (χ1v) is 7.49. The third-order valence-corrected chi connectivity index (χ3v) is 3.76. The number of aryl methyl sites for hydroxylation is 2. The summed E-state index contributed by atoms with van der Waals surface area (Å²) in [6, 6.07) is 7.44. The highest BCUT2D eigenvalue weighted by molar-refractivity contribution is 6.34. The van der Waals surface area contributed by atoms with Crippen molar-refractivity contribution < 1.29 is 13.6 Å². The van der Waals surface area contributed by atoms with Crippen LogP contribution in [0.5, 0.6) is 0 Å². The molecule has 0 atom stereocenters. The van der Waals surface area contributed by atoms with Crippen LogP contribution < -0.4 is 5.32 Å². The van der Waals surface area contributed by atoms with E-state index in [0.717, 1.165) is 5.56 Å². The van der Waals surface area contributed by atoms with Crippen LogP contribution in [0.2, 0.25) is 5.02 Å². The second kappa shape index (κ2) is 6.41. The van der Waals surface area contributed by atoms with Crippen molar-refractivity contribution in [3.63, 3.8) is 0 Å². The monoisotopic (exact) mass is 345 g/mol. The number of hydrogen-bond acceptors (Lipinski definition) is 4. The Kier molecular flexibility index (Phi) is 4.31. The molecule has 2 heterocycles. The molecule has 7 heteroatoms. The van der Waals surface area contributed by atoms with E-state index in [4.69, 9.17) is 16.0 Å². The molecule has 0 saturated carbocycles. The van der Waals surface area contributed by atoms with Gasteiger partial charge in [-0.1, -0.05) is 17.7 Å². The van der Waals surface area contributed by atoms with Crippen molar-refractivity contribution in [1.82, 2.24) is 9.97 Å². The van der Waals surface area contributed by atoms with Gasteiger partial charge in [0.25, 0.3) is 5.91 Å². The number of carbonyl (C=O) groups is 1. The first kappa shape index (κ1) is 16.1. The number of pyridine rings is 1. The zero-order chi connectivity index (χ0) is 17.3. The molecule has 1 amide bonds. The van der Waals surface area contributed by atoms with E-state index in [1.54, 1.807) is 25.3 Å². The molecule has 0 aliphatic heterocycles. The quantitative estimate of drug-likeness (QED) is 0.764. The standard InChI is InChI=1S/C17H13ClFN3O2/c1-9-16(21-10(2)24-9)11-6-7-14(20-8-11)22-17(23)12-4-3-5-13(19)15(12)18/h3-8H,1-2H3,(H,20,22,23). The fourth-order valence-electron chi connectivity index (χ4n) is 2.27. The van der Waals surface area contributed by atoms with Crippen LogP contribution in [0, 0.1) is 19.7 Å². The minimum Gasteiger partial charge on any atom is -0.446 e. The molecular weight excluding hydrogens is 333 g/mol. The number of oxazole rings is 1. The third kappa shape index (κ3) is 3.14. The number of nitrogens with one attached hydrogen (secondary N) is 1. The predicted octanol–water partition coefficient (Wildman–Crippen LogP) is 4.40. The Bertz CT molecular complexity index is 907. The van der Waals surface area contributed by atoms with Crippen LogP contribution in [-0.2, 0) is 0 Å². The predicted molar refractivity (Wildman–Crippen MR) is 88.6 cm³/mol. The molecule has 2 aromatic heterocycles. The summed E-state index contributed by atoms with van der Waals surface area (Å²) in [5, 5.41) is 2.36. The Labute approximate surface area is 142 Å². The van der Waals surface area contributed by atoms with Crippen molar-refractivity contribution in [2.45, 2.75) is 13.8 Å².